The second-order valence-electron chi connectivity index (χ2n) is 7.16. The van der Waals surface area contributed by atoms with E-state index in [0.717, 1.165) is 32.0 Å². The number of benzene rings is 3. The zero-order valence-electron chi connectivity index (χ0n) is 16.4. The van der Waals surface area contributed by atoms with E-state index in [1.807, 2.05) is 54.6 Å². The second-order valence-corrected chi connectivity index (χ2v) is 8.57. The molecule has 0 saturated carbocycles. The van der Waals surface area contributed by atoms with Gasteiger partial charge < -0.3 is 0 Å². The Labute approximate surface area is 179 Å². The zero-order chi connectivity index (χ0) is 20.4. The van der Waals surface area contributed by atoms with Crippen LogP contribution in [0.4, 0.5) is 5.13 Å². The van der Waals surface area contributed by atoms with Crippen LogP contribution in [0.1, 0.15) is 22.3 Å². The molecule has 0 aliphatic rings. The Morgan fingerprint density at radius 3 is 2.52 bits per heavy atom. The first kappa shape index (κ1) is 19.6. The van der Waals surface area contributed by atoms with Crippen LogP contribution in [0.25, 0.3) is 10.2 Å². The molecule has 4 rings (SSSR count). The molecule has 4 aromatic rings. The highest BCUT2D eigenvalue weighted by atomic mass is 35.5. The van der Waals surface area contributed by atoms with Gasteiger partial charge in [0.2, 0.25) is 5.91 Å². The Balaban J connectivity index is 1.73. The average molecular weight is 421 g/mol. The number of fused-ring (bicyclic) bond motifs is 1. The molecule has 5 heteroatoms. The molecular weight excluding hydrogens is 400 g/mol. The topological polar surface area (TPSA) is 33.2 Å². The van der Waals surface area contributed by atoms with Gasteiger partial charge in [0.15, 0.2) is 5.13 Å². The smallest absolute Gasteiger partial charge is 0.233 e. The van der Waals surface area contributed by atoms with Gasteiger partial charge in [-0.2, -0.15) is 0 Å². The number of hydrogen-bond acceptors (Lipinski definition) is 3. The molecule has 0 atom stereocenters. The summed E-state index contributed by atoms with van der Waals surface area (Å²) < 4.78 is 1.10. The van der Waals surface area contributed by atoms with Crippen molar-refractivity contribution in [1.29, 1.82) is 0 Å². The van der Waals surface area contributed by atoms with E-state index in [9.17, 15) is 4.79 Å². The maximum atomic E-state index is 13.3. The van der Waals surface area contributed by atoms with Crippen LogP contribution in [0.2, 0.25) is 5.02 Å². The average Bonchev–Trinajstić information content (AvgIpc) is 3.12. The Kier molecular flexibility index (Phi) is 5.65. The van der Waals surface area contributed by atoms with Crippen LogP contribution >= 0.6 is 22.9 Å². The molecule has 0 fully saturated rings. The van der Waals surface area contributed by atoms with Crippen LogP contribution in [-0.4, -0.2) is 10.9 Å². The first-order valence-corrected chi connectivity index (χ1v) is 10.7. The highest BCUT2D eigenvalue weighted by molar-refractivity contribution is 7.22. The summed E-state index contributed by atoms with van der Waals surface area (Å²) in [5, 5.41) is 1.32. The van der Waals surface area contributed by atoms with Crippen molar-refractivity contribution in [3.8, 4) is 0 Å². The summed E-state index contributed by atoms with van der Waals surface area (Å²) in [4.78, 5) is 19.9. The minimum absolute atomic E-state index is 0.0182. The summed E-state index contributed by atoms with van der Waals surface area (Å²) >= 11 is 7.85. The number of halogens is 1. The molecule has 0 radical (unpaired) electrons. The van der Waals surface area contributed by atoms with E-state index in [0.29, 0.717) is 11.6 Å². The van der Waals surface area contributed by atoms with E-state index in [-0.39, 0.29) is 12.3 Å². The number of nitrogens with zero attached hydrogens (tertiary/aromatic N) is 2. The van der Waals surface area contributed by atoms with Gasteiger partial charge >= 0.3 is 0 Å². The number of carbonyl (C=O) groups is 1. The molecule has 29 heavy (non-hydrogen) atoms. The van der Waals surface area contributed by atoms with Gasteiger partial charge in [-0.1, -0.05) is 77.5 Å². The van der Waals surface area contributed by atoms with E-state index >= 15 is 0 Å². The molecule has 1 aromatic heterocycles. The van der Waals surface area contributed by atoms with Crippen LogP contribution in [0.15, 0.2) is 66.7 Å². The third-order valence-electron chi connectivity index (χ3n) is 4.83. The molecule has 0 saturated heterocycles. The number of thiazole rings is 1. The number of aromatic nitrogens is 1. The summed E-state index contributed by atoms with van der Waals surface area (Å²) in [6.07, 6.45) is 0.237. The fourth-order valence-corrected chi connectivity index (χ4v) is 4.76. The summed E-state index contributed by atoms with van der Waals surface area (Å²) in [5.41, 5.74) is 5.17. The molecule has 1 amide bonds. The molecule has 3 aromatic carbocycles. The van der Waals surface area contributed by atoms with Crippen molar-refractivity contribution >= 4 is 44.2 Å². The lowest BCUT2D eigenvalue weighted by Crippen LogP contribution is -2.31. The van der Waals surface area contributed by atoms with Crippen LogP contribution in [0, 0.1) is 13.8 Å². The molecule has 1 heterocycles. The van der Waals surface area contributed by atoms with Gasteiger partial charge in [-0.3, -0.25) is 9.69 Å². The van der Waals surface area contributed by atoms with Gasteiger partial charge in [0.25, 0.3) is 0 Å². The second kappa shape index (κ2) is 8.36. The minimum atomic E-state index is -0.0182. The number of carbonyl (C=O) groups excluding carboxylic acids is 1. The number of amides is 1. The first-order valence-electron chi connectivity index (χ1n) is 9.47. The third kappa shape index (κ3) is 4.34. The fourth-order valence-electron chi connectivity index (χ4n) is 3.40. The molecule has 146 valence electrons. The summed E-state index contributed by atoms with van der Waals surface area (Å²) in [6.45, 7) is 4.62. The van der Waals surface area contributed by atoms with Gasteiger partial charge in [0.05, 0.1) is 23.2 Å². The quantitative estimate of drug-likeness (QED) is 0.377. The monoisotopic (exact) mass is 420 g/mol. The number of anilines is 1. The summed E-state index contributed by atoms with van der Waals surface area (Å²) in [7, 11) is 0. The van der Waals surface area contributed by atoms with Crippen LogP contribution in [0.5, 0.6) is 0 Å². The van der Waals surface area contributed by atoms with E-state index < -0.39 is 0 Å². The maximum absolute atomic E-state index is 13.3. The molecule has 0 unspecified atom stereocenters. The van der Waals surface area contributed by atoms with Crippen molar-refractivity contribution in [3.05, 3.63) is 94.0 Å². The highest BCUT2D eigenvalue weighted by Gasteiger charge is 2.22. The summed E-state index contributed by atoms with van der Waals surface area (Å²) in [6, 6.07) is 21.7. The van der Waals surface area contributed by atoms with E-state index in [1.165, 1.54) is 5.56 Å². The number of rotatable bonds is 5. The highest BCUT2D eigenvalue weighted by Crippen LogP contribution is 2.33. The molecular formula is C24H21ClN2OS. The molecule has 0 spiro atoms. The normalized spacial score (nSPS) is 11.0. The minimum Gasteiger partial charge on any atom is -0.283 e. The Morgan fingerprint density at radius 1 is 1.03 bits per heavy atom. The predicted octanol–water partition coefficient (Wildman–Crippen LogP) is 6.34. The zero-order valence-corrected chi connectivity index (χ0v) is 17.9. The Bertz CT molecular complexity index is 1170. The third-order valence-corrected chi connectivity index (χ3v) is 6.23. The van der Waals surface area contributed by atoms with Crippen molar-refractivity contribution in [2.75, 3.05) is 4.90 Å². The SMILES string of the molecule is Cc1cc(C)c2nc(N(Cc3ccccc3)C(=O)Cc3ccccc3Cl)sc2c1. The van der Waals surface area contributed by atoms with Crippen LogP contribution in [-0.2, 0) is 17.8 Å². The molecule has 0 bridgehead atoms. The van der Waals surface area contributed by atoms with E-state index in [2.05, 4.69) is 26.0 Å². The van der Waals surface area contributed by atoms with Gasteiger partial charge in [0.1, 0.15) is 0 Å². The largest absolute Gasteiger partial charge is 0.283 e. The first-order chi connectivity index (χ1) is 14.0. The van der Waals surface area contributed by atoms with Gasteiger partial charge in [0, 0.05) is 5.02 Å². The van der Waals surface area contributed by atoms with Crippen molar-refractivity contribution in [2.24, 2.45) is 0 Å². The fraction of sp³-hybridized carbons (Fsp3) is 0.167. The van der Waals surface area contributed by atoms with Crippen molar-refractivity contribution < 1.29 is 4.79 Å². The molecule has 0 aliphatic carbocycles. The Hall–Kier alpha value is -2.69. The summed E-state index contributed by atoms with van der Waals surface area (Å²) in [5.74, 6) is -0.0182. The van der Waals surface area contributed by atoms with Gasteiger partial charge in [-0.05, 0) is 48.2 Å². The number of aryl methyl sites for hydroxylation is 2. The van der Waals surface area contributed by atoms with E-state index in [1.54, 1.807) is 16.2 Å². The number of hydrogen-bond donors (Lipinski definition) is 0. The molecule has 3 nitrogen and oxygen atoms in total. The lowest BCUT2D eigenvalue weighted by molar-refractivity contribution is -0.118. The lowest BCUT2D eigenvalue weighted by Gasteiger charge is -2.20. The predicted molar refractivity (Wildman–Crippen MR) is 122 cm³/mol. The van der Waals surface area contributed by atoms with Crippen molar-refractivity contribution in [1.82, 2.24) is 4.98 Å². The molecule has 0 N–H and O–H groups in total. The standard InChI is InChI=1S/C24H21ClN2OS/c1-16-12-17(2)23-21(13-16)29-24(26-23)27(15-18-8-4-3-5-9-18)22(28)14-19-10-6-7-11-20(19)25/h3-13H,14-15H2,1-2H3. The Morgan fingerprint density at radius 2 is 1.76 bits per heavy atom. The van der Waals surface area contributed by atoms with Crippen molar-refractivity contribution in [3.63, 3.8) is 0 Å². The van der Waals surface area contributed by atoms with Gasteiger partial charge in [-0.15, -0.1) is 0 Å². The van der Waals surface area contributed by atoms with E-state index in [4.69, 9.17) is 16.6 Å². The van der Waals surface area contributed by atoms with Crippen LogP contribution < -0.4 is 4.90 Å². The lowest BCUT2D eigenvalue weighted by atomic mass is 10.1. The maximum Gasteiger partial charge on any atom is 0.233 e. The van der Waals surface area contributed by atoms with Crippen molar-refractivity contribution in [2.45, 2.75) is 26.8 Å². The van der Waals surface area contributed by atoms with Crippen LogP contribution in [0.3, 0.4) is 0 Å². The molecule has 0 aliphatic heterocycles. The van der Waals surface area contributed by atoms with Gasteiger partial charge in [-0.25, -0.2) is 4.98 Å².